The molecule has 4 atom stereocenters. The Labute approximate surface area is 110 Å². The summed E-state index contributed by atoms with van der Waals surface area (Å²) in [6.45, 7) is 8.17. The largest absolute Gasteiger partial charge is 0.243 e. The van der Waals surface area contributed by atoms with Crippen molar-refractivity contribution in [3.63, 3.8) is 0 Å². The van der Waals surface area contributed by atoms with E-state index in [4.69, 9.17) is 0 Å². The maximum Gasteiger partial charge on any atom is 0.243 e. The lowest BCUT2D eigenvalue weighted by molar-refractivity contribution is 0.485. The third-order valence-electron chi connectivity index (χ3n) is 3.92. The van der Waals surface area contributed by atoms with Crippen LogP contribution in [0, 0.1) is 12.8 Å². The smallest absolute Gasteiger partial charge is 0.207 e. The molecule has 1 aromatic rings. The van der Waals surface area contributed by atoms with Crippen LogP contribution in [0.25, 0.3) is 0 Å². The molecular formula is C14H21NO2S. The zero-order valence-electron chi connectivity index (χ0n) is 11.4. The highest BCUT2D eigenvalue weighted by Gasteiger charge is 2.54. The first kappa shape index (κ1) is 13.6. The van der Waals surface area contributed by atoms with E-state index < -0.39 is 10.0 Å². The fourth-order valence-electron chi connectivity index (χ4n) is 2.52. The Kier molecular flexibility index (Phi) is 3.52. The summed E-state index contributed by atoms with van der Waals surface area (Å²) in [5.74, 6) is 0.417. The molecule has 0 radical (unpaired) electrons. The van der Waals surface area contributed by atoms with E-state index in [0.29, 0.717) is 10.8 Å². The normalized spacial score (nSPS) is 29.0. The third kappa shape index (κ3) is 2.19. The first-order valence-electron chi connectivity index (χ1n) is 6.49. The second-order valence-electron chi connectivity index (χ2n) is 5.26. The maximum absolute atomic E-state index is 12.5. The van der Waals surface area contributed by atoms with E-state index in [1.807, 2.05) is 26.0 Å². The van der Waals surface area contributed by atoms with Gasteiger partial charge in [0, 0.05) is 12.1 Å². The Bertz CT molecular complexity index is 521. The molecule has 1 saturated heterocycles. The first-order chi connectivity index (χ1) is 8.39. The number of benzene rings is 1. The van der Waals surface area contributed by atoms with Gasteiger partial charge in [0.05, 0.1) is 4.90 Å². The summed E-state index contributed by atoms with van der Waals surface area (Å²) in [5.41, 5.74) is 1.08. The molecule has 0 N–H and O–H groups in total. The lowest BCUT2D eigenvalue weighted by atomic mass is 10.0. The molecule has 0 spiro atoms. The summed E-state index contributed by atoms with van der Waals surface area (Å²) < 4.78 is 26.6. The van der Waals surface area contributed by atoms with Gasteiger partial charge in [-0.05, 0) is 31.9 Å². The third-order valence-corrected chi connectivity index (χ3v) is 5.92. The van der Waals surface area contributed by atoms with Crippen molar-refractivity contribution in [3.05, 3.63) is 29.8 Å². The Morgan fingerprint density at radius 2 is 1.83 bits per heavy atom. The van der Waals surface area contributed by atoms with Gasteiger partial charge in [-0.15, -0.1) is 0 Å². The molecule has 18 heavy (non-hydrogen) atoms. The van der Waals surface area contributed by atoms with Crippen LogP contribution in [-0.2, 0) is 10.0 Å². The summed E-state index contributed by atoms with van der Waals surface area (Å²) in [5, 5.41) is 0. The molecule has 1 fully saturated rings. The van der Waals surface area contributed by atoms with Crippen LogP contribution in [0.2, 0.25) is 0 Å². The zero-order valence-corrected chi connectivity index (χ0v) is 12.2. The Hall–Kier alpha value is -0.870. The molecule has 0 bridgehead atoms. The molecule has 0 saturated carbocycles. The molecule has 100 valence electrons. The van der Waals surface area contributed by atoms with Crippen LogP contribution in [0.1, 0.15) is 32.8 Å². The Morgan fingerprint density at radius 1 is 1.28 bits per heavy atom. The van der Waals surface area contributed by atoms with Crippen LogP contribution in [0.15, 0.2) is 29.2 Å². The van der Waals surface area contributed by atoms with E-state index in [-0.39, 0.29) is 12.1 Å². The lowest BCUT2D eigenvalue weighted by Crippen LogP contribution is -2.18. The predicted octanol–water partition coefficient (Wildman–Crippen LogP) is 2.80. The fourth-order valence-corrected chi connectivity index (χ4v) is 4.46. The van der Waals surface area contributed by atoms with Crippen LogP contribution in [-0.4, -0.2) is 24.8 Å². The van der Waals surface area contributed by atoms with Crippen molar-refractivity contribution in [2.75, 3.05) is 0 Å². The summed E-state index contributed by atoms with van der Waals surface area (Å²) in [4.78, 5) is 0.408. The number of nitrogens with zero attached hydrogens (tertiary/aromatic N) is 1. The van der Waals surface area contributed by atoms with Gasteiger partial charge < -0.3 is 0 Å². The number of sulfonamides is 1. The quantitative estimate of drug-likeness (QED) is 0.787. The minimum absolute atomic E-state index is 0.131. The fraction of sp³-hybridized carbons (Fsp3) is 0.571. The van der Waals surface area contributed by atoms with Crippen molar-refractivity contribution >= 4 is 10.0 Å². The van der Waals surface area contributed by atoms with E-state index in [1.165, 1.54) is 0 Å². The molecule has 0 aliphatic carbocycles. The van der Waals surface area contributed by atoms with E-state index in [1.54, 1.807) is 16.4 Å². The van der Waals surface area contributed by atoms with Crippen LogP contribution in [0.4, 0.5) is 0 Å². The minimum atomic E-state index is -3.30. The standard InChI is InChI=1S/C14H21NO2S/c1-5-11(3)14-12(4)15(14)18(16,17)13-8-6-10(2)7-9-13/h6-9,11-12,14H,5H2,1-4H3/t11-,12-,14-,15?/m0/s1. The highest BCUT2D eigenvalue weighted by Crippen LogP contribution is 2.40. The molecule has 2 rings (SSSR count). The van der Waals surface area contributed by atoms with E-state index >= 15 is 0 Å². The number of aryl methyl sites for hydroxylation is 1. The Balaban J connectivity index is 2.26. The first-order valence-corrected chi connectivity index (χ1v) is 7.93. The highest BCUT2D eigenvalue weighted by molar-refractivity contribution is 7.89. The Morgan fingerprint density at radius 3 is 2.33 bits per heavy atom. The summed E-state index contributed by atoms with van der Waals surface area (Å²) >= 11 is 0. The van der Waals surface area contributed by atoms with Crippen molar-refractivity contribution in [2.45, 2.75) is 51.1 Å². The second kappa shape index (κ2) is 4.67. The van der Waals surface area contributed by atoms with Gasteiger partial charge in [0.25, 0.3) is 0 Å². The monoisotopic (exact) mass is 267 g/mol. The van der Waals surface area contributed by atoms with E-state index in [0.717, 1.165) is 12.0 Å². The molecule has 1 heterocycles. The molecule has 1 unspecified atom stereocenters. The van der Waals surface area contributed by atoms with Crippen molar-refractivity contribution in [2.24, 2.45) is 5.92 Å². The van der Waals surface area contributed by atoms with Gasteiger partial charge in [0.15, 0.2) is 0 Å². The summed E-state index contributed by atoms with van der Waals surface area (Å²) in [6, 6.07) is 7.39. The van der Waals surface area contributed by atoms with Crippen LogP contribution in [0.3, 0.4) is 0 Å². The van der Waals surface area contributed by atoms with Crippen LogP contribution in [0.5, 0.6) is 0 Å². The summed E-state index contributed by atoms with van der Waals surface area (Å²) in [6.07, 6.45) is 1.01. The average Bonchev–Trinajstić information content (AvgIpc) is 3.01. The van der Waals surface area contributed by atoms with Crippen molar-refractivity contribution in [1.29, 1.82) is 0 Å². The second-order valence-corrected chi connectivity index (χ2v) is 7.11. The van der Waals surface area contributed by atoms with E-state index in [2.05, 4.69) is 13.8 Å². The molecule has 1 aliphatic rings. The SMILES string of the molecule is CC[C@H](C)[C@H]1[C@H](C)N1S(=O)(=O)c1ccc(C)cc1. The molecule has 1 aromatic carbocycles. The number of hydrogen-bond acceptors (Lipinski definition) is 2. The summed E-state index contributed by atoms with van der Waals surface area (Å²) in [7, 11) is -3.30. The number of hydrogen-bond donors (Lipinski definition) is 0. The van der Waals surface area contributed by atoms with Gasteiger partial charge in [0.1, 0.15) is 0 Å². The van der Waals surface area contributed by atoms with Gasteiger partial charge in [-0.3, -0.25) is 0 Å². The highest BCUT2D eigenvalue weighted by atomic mass is 32.2. The van der Waals surface area contributed by atoms with Gasteiger partial charge in [-0.1, -0.05) is 38.0 Å². The zero-order chi connectivity index (χ0) is 13.5. The predicted molar refractivity (Wildman–Crippen MR) is 72.9 cm³/mol. The molecule has 4 heteroatoms. The van der Waals surface area contributed by atoms with Gasteiger partial charge in [-0.2, -0.15) is 4.31 Å². The lowest BCUT2D eigenvalue weighted by Gasteiger charge is -2.10. The average molecular weight is 267 g/mol. The van der Waals surface area contributed by atoms with Crippen LogP contribution < -0.4 is 0 Å². The molecular weight excluding hydrogens is 246 g/mol. The minimum Gasteiger partial charge on any atom is -0.207 e. The number of rotatable bonds is 4. The van der Waals surface area contributed by atoms with Crippen molar-refractivity contribution in [3.8, 4) is 0 Å². The van der Waals surface area contributed by atoms with Crippen molar-refractivity contribution in [1.82, 2.24) is 4.31 Å². The van der Waals surface area contributed by atoms with Gasteiger partial charge in [-0.25, -0.2) is 8.42 Å². The van der Waals surface area contributed by atoms with Gasteiger partial charge >= 0.3 is 0 Å². The maximum atomic E-state index is 12.5. The molecule has 1 aliphatic heterocycles. The topological polar surface area (TPSA) is 37.1 Å². The van der Waals surface area contributed by atoms with Crippen molar-refractivity contribution < 1.29 is 8.42 Å². The molecule has 3 nitrogen and oxygen atoms in total. The van der Waals surface area contributed by atoms with E-state index in [9.17, 15) is 8.42 Å². The molecule has 0 aromatic heterocycles. The van der Waals surface area contributed by atoms with Crippen LogP contribution >= 0.6 is 0 Å². The van der Waals surface area contributed by atoms with Gasteiger partial charge in [0.2, 0.25) is 10.0 Å². The molecule has 0 amide bonds.